The molecule has 0 aliphatic carbocycles. The average molecular weight is 170 g/mol. The van der Waals surface area contributed by atoms with Crippen LogP contribution >= 0.6 is 0 Å². The van der Waals surface area contributed by atoms with Crippen molar-refractivity contribution in [3.8, 4) is 0 Å². The number of hydrogen-bond acceptors (Lipinski definition) is 2. The monoisotopic (exact) mass is 170 g/mol. The molecule has 12 heavy (non-hydrogen) atoms. The van der Waals surface area contributed by atoms with Crippen LogP contribution in [0, 0.1) is 5.92 Å². The second-order valence-electron chi connectivity index (χ2n) is 4.20. The predicted molar refractivity (Wildman–Crippen MR) is 53.1 cm³/mol. The molecule has 0 aromatic carbocycles. The van der Waals surface area contributed by atoms with Crippen LogP contribution in [0.25, 0.3) is 0 Å². The predicted octanol–water partition coefficient (Wildman–Crippen LogP) is 1.45. The summed E-state index contributed by atoms with van der Waals surface area (Å²) in [6.45, 7) is 9.24. The van der Waals surface area contributed by atoms with Crippen molar-refractivity contribution in [1.82, 2.24) is 4.90 Å². The van der Waals surface area contributed by atoms with Crippen LogP contribution in [-0.4, -0.2) is 30.1 Å². The number of rotatable bonds is 3. The van der Waals surface area contributed by atoms with Crippen LogP contribution in [0.1, 0.15) is 33.6 Å². The zero-order valence-corrected chi connectivity index (χ0v) is 8.59. The Hall–Kier alpha value is -0.0800. The van der Waals surface area contributed by atoms with E-state index in [2.05, 4.69) is 25.7 Å². The number of hydrogen-bond donors (Lipinski definition) is 1. The van der Waals surface area contributed by atoms with Gasteiger partial charge in [0.1, 0.15) is 0 Å². The van der Waals surface area contributed by atoms with Gasteiger partial charge in [-0.1, -0.05) is 13.8 Å². The van der Waals surface area contributed by atoms with E-state index in [4.69, 9.17) is 5.73 Å². The highest BCUT2D eigenvalue weighted by Gasteiger charge is 2.25. The molecule has 1 heterocycles. The first-order valence-corrected chi connectivity index (χ1v) is 5.14. The molecule has 1 aliphatic heterocycles. The number of nitrogens with two attached hydrogens (primary N) is 1. The van der Waals surface area contributed by atoms with E-state index in [1.54, 1.807) is 0 Å². The van der Waals surface area contributed by atoms with Crippen molar-refractivity contribution in [2.45, 2.75) is 45.7 Å². The fourth-order valence-corrected chi connectivity index (χ4v) is 1.95. The minimum atomic E-state index is 0.357. The number of nitrogens with zero attached hydrogens (tertiary/aromatic N) is 1. The normalized spacial score (nSPS) is 30.5. The van der Waals surface area contributed by atoms with E-state index in [9.17, 15) is 0 Å². The van der Waals surface area contributed by atoms with Gasteiger partial charge < -0.3 is 5.73 Å². The van der Waals surface area contributed by atoms with Gasteiger partial charge in [0.2, 0.25) is 0 Å². The van der Waals surface area contributed by atoms with Crippen molar-refractivity contribution in [3.63, 3.8) is 0 Å². The largest absolute Gasteiger partial charge is 0.326 e. The standard InChI is InChI=1S/C10H22N2/c1-4-10(11)9(3)12-6-5-8(2)7-12/h8-10H,4-7,11H2,1-3H3. The van der Waals surface area contributed by atoms with Gasteiger partial charge in [-0.3, -0.25) is 4.90 Å². The van der Waals surface area contributed by atoms with E-state index in [1.807, 2.05) is 0 Å². The molecular formula is C10H22N2. The molecule has 3 unspecified atom stereocenters. The van der Waals surface area contributed by atoms with Crippen LogP contribution in [0.4, 0.5) is 0 Å². The van der Waals surface area contributed by atoms with Gasteiger partial charge in [-0.05, 0) is 32.2 Å². The van der Waals surface area contributed by atoms with Crippen LogP contribution in [-0.2, 0) is 0 Å². The van der Waals surface area contributed by atoms with Gasteiger partial charge in [-0.2, -0.15) is 0 Å². The molecule has 0 amide bonds. The van der Waals surface area contributed by atoms with E-state index < -0.39 is 0 Å². The summed E-state index contributed by atoms with van der Waals surface area (Å²) >= 11 is 0. The average Bonchev–Trinajstić information content (AvgIpc) is 2.49. The molecule has 72 valence electrons. The molecule has 2 nitrogen and oxygen atoms in total. The summed E-state index contributed by atoms with van der Waals surface area (Å²) in [7, 11) is 0. The van der Waals surface area contributed by atoms with Gasteiger partial charge in [-0.15, -0.1) is 0 Å². The Morgan fingerprint density at radius 2 is 2.25 bits per heavy atom. The summed E-state index contributed by atoms with van der Waals surface area (Å²) < 4.78 is 0. The minimum Gasteiger partial charge on any atom is -0.326 e. The van der Waals surface area contributed by atoms with Gasteiger partial charge in [0.25, 0.3) is 0 Å². The fourth-order valence-electron chi connectivity index (χ4n) is 1.95. The van der Waals surface area contributed by atoms with Gasteiger partial charge in [0.05, 0.1) is 0 Å². The molecule has 1 rings (SSSR count). The third kappa shape index (κ3) is 2.20. The van der Waals surface area contributed by atoms with E-state index in [-0.39, 0.29) is 0 Å². The summed E-state index contributed by atoms with van der Waals surface area (Å²) in [6.07, 6.45) is 2.44. The Morgan fingerprint density at radius 1 is 1.58 bits per heavy atom. The van der Waals surface area contributed by atoms with Gasteiger partial charge in [-0.25, -0.2) is 0 Å². The third-order valence-electron chi connectivity index (χ3n) is 3.12. The molecule has 0 radical (unpaired) electrons. The Kier molecular flexibility index (Phi) is 3.53. The van der Waals surface area contributed by atoms with Crippen molar-refractivity contribution < 1.29 is 0 Å². The third-order valence-corrected chi connectivity index (χ3v) is 3.12. The van der Waals surface area contributed by atoms with Crippen LogP contribution in [0.15, 0.2) is 0 Å². The maximum Gasteiger partial charge on any atom is 0.0218 e. The summed E-state index contributed by atoms with van der Waals surface area (Å²) in [5.41, 5.74) is 6.00. The lowest BCUT2D eigenvalue weighted by Gasteiger charge is -2.28. The second kappa shape index (κ2) is 4.24. The fraction of sp³-hybridized carbons (Fsp3) is 1.00. The molecular weight excluding hydrogens is 148 g/mol. The zero-order chi connectivity index (χ0) is 9.14. The quantitative estimate of drug-likeness (QED) is 0.694. The van der Waals surface area contributed by atoms with Crippen molar-refractivity contribution in [2.24, 2.45) is 11.7 Å². The van der Waals surface area contributed by atoms with Gasteiger partial charge >= 0.3 is 0 Å². The zero-order valence-electron chi connectivity index (χ0n) is 8.59. The Morgan fingerprint density at radius 3 is 2.67 bits per heavy atom. The van der Waals surface area contributed by atoms with Gasteiger partial charge in [0, 0.05) is 18.6 Å². The first-order valence-electron chi connectivity index (χ1n) is 5.14. The topological polar surface area (TPSA) is 29.3 Å². The van der Waals surface area contributed by atoms with Crippen LogP contribution in [0.2, 0.25) is 0 Å². The lowest BCUT2D eigenvalue weighted by Crippen LogP contribution is -2.44. The summed E-state index contributed by atoms with van der Waals surface area (Å²) in [5.74, 6) is 0.872. The Labute approximate surface area is 76.1 Å². The smallest absolute Gasteiger partial charge is 0.0218 e. The first kappa shape index (κ1) is 10.0. The van der Waals surface area contributed by atoms with Crippen molar-refractivity contribution in [2.75, 3.05) is 13.1 Å². The minimum absolute atomic E-state index is 0.357. The Balaban J connectivity index is 2.37. The molecule has 1 aliphatic rings. The highest BCUT2D eigenvalue weighted by molar-refractivity contribution is 4.82. The van der Waals surface area contributed by atoms with Gasteiger partial charge in [0.15, 0.2) is 0 Å². The highest BCUT2D eigenvalue weighted by Crippen LogP contribution is 2.19. The molecule has 0 spiro atoms. The van der Waals surface area contributed by atoms with Crippen molar-refractivity contribution in [3.05, 3.63) is 0 Å². The molecule has 2 heteroatoms. The van der Waals surface area contributed by atoms with E-state index in [1.165, 1.54) is 19.5 Å². The van der Waals surface area contributed by atoms with Crippen LogP contribution in [0.3, 0.4) is 0 Å². The number of likely N-dealkylation sites (tertiary alicyclic amines) is 1. The molecule has 0 aromatic rings. The SMILES string of the molecule is CCC(N)C(C)N1CCC(C)C1. The van der Waals surface area contributed by atoms with Crippen molar-refractivity contribution >= 4 is 0 Å². The molecule has 0 aromatic heterocycles. The summed E-state index contributed by atoms with van der Waals surface area (Å²) in [5, 5.41) is 0. The molecule has 0 bridgehead atoms. The van der Waals surface area contributed by atoms with E-state index in [0.29, 0.717) is 12.1 Å². The van der Waals surface area contributed by atoms with Crippen LogP contribution in [0.5, 0.6) is 0 Å². The van der Waals surface area contributed by atoms with Crippen LogP contribution < -0.4 is 5.73 Å². The maximum atomic E-state index is 6.00. The lowest BCUT2D eigenvalue weighted by atomic mass is 10.1. The van der Waals surface area contributed by atoms with E-state index >= 15 is 0 Å². The molecule has 0 saturated carbocycles. The second-order valence-corrected chi connectivity index (χ2v) is 4.20. The molecule has 1 saturated heterocycles. The molecule has 3 atom stereocenters. The molecule has 1 fully saturated rings. The Bertz CT molecular complexity index is 136. The first-order chi connectivity index (χ1) is 5.65. The lowest BCUT2D eigenvalue weighted by molar-refractivity contribution is 0.217. The van der Waals surface area contributed by atoms with Crippen molar-refractivity contribution in [1.29, 1.82) is 0 Å². The summed E-state index contributed by atoms with van der Waals surface area (Å²) in [4.78, 5) is 2.53. The summed E-state index contributed by atoms with van der Waals surface area (Å²) in [6, 6.07) is 0.926. The highest BCUT2D eigenvalue weighted by atomic mass is 15.2. The molecule has 2 N–H and O–H groups in total. The van der Waals surface area contributed by atoms with E-state index in [0.717, 1.165) is 12.3 Å². The maximum absolute atomic E-state index is 6.00.